The first-order valence-electron chi connectivity index (χ1n) is 6.17. The van der Waals surface area contributed by atoms with Crippen LogP contribution in [0.1, 0.15) is 23.8 Å². The zero-order valence-electron chi connectivity index (χ0n) is 11.0. The van der Waals surface area contributed by atoms with Crippen molar-refractivity contribution < 1.29 is 8.81 Å². The molecule has 0 aliphatic heterocycles. The lowest BCUT2D eigenvalue weighted by Gasteiger charge is -2.10. The molecule has 1 N–H and O–H groups in total. The normalized spacial score (nSPS) is 10.9. The van der Waals surface area contributed by atoms with Crippen LogP contribution in [-0.2, 0) is 6.54 Å². The van der Waals surface area contributed by atoms with Crippen LogP contribution in [-0.4, -0.2) is 6.54 Å². The maximum Gasteiger partial charge on any atom is 0.125 e. The molecule has 0 aliphatic carbocycles. The number of furan rings is 1. The van der Waals surface area contributed by atoms with E-state index in [0.29, 0.717) is 6.54 Å². The average molecular weight is 247 g/mol. The molecule has 0 saturated heterocycles. The Morgan fingerprint density at radius 2 is 1.89 bits per heavy atom. The monoisotopic (exact) mass is 247 g/mol. The van der Waals surface area contributed by atoms with Crippen molar-refractivity contribution in [1.82, 2.24) is 5.32 Å². The first kappa shape index (κ1) is 12.8. The maximum atomic E-state index is 13.3. The van der Waals surface area contributed by atoms with Gasteiger partial charge in [0, 0.05) is 5.56 Å². The predicted octanol–water partition coefficient (Wildman–Crippen LogP) is 3.81. The van der Waals surface area contributed by atoms with E-state index in [1.54, 1.807) is 18.4 Å². The highest BCUT2D eigenvalue weighted by Gasteiger charge is 2.13. The Morgan fingerprint density at radius 3 is 2.50 bits per heavy atom. The third-order valence-corrected chi connectivity index (χ3v) is 3.05. The summed E-state index contributed by atoms with van der Waals surface area (Å²) in [5, 5.41) is 3.24. The van der Waals surface area contributed by atoms with Crippen LogP contribution in [0.3, 0.4) is 0 Å². The number of rotatable bonds is 4. The summed E-state index contributed by atoms with van der Waals surface area (Å²) in [7, 11) is 0. The van der Waals surface area contributed by atoms with Crippen molar-refractivity contribution >= 4 is 0 Å². The predicted molar refractivity (Wildman–Crippen MR) is 71.0 cm³/mol. The molecule has 0 fully saturated rings. The smallest absolute Gasteiger partial charge is 0.125 e. The van der Waals surface area contributed by atoms with Gasteiger partial charge in [0.15, 0.2) is 0 Å². The van der Waals surface area contributed by atoms with Crippen molar-refractivity contribution in [2.24, 2.45) is 0 Å². The number of halogens is 1. The van der Waals surface area contributed by atoms with Gasteiger partial charge in [0.2, 0.25) is 0 Å². The molecule has 0 saturated carbocycles. The van der Waals surface area contributed by atoms with Gasteiger partial charge in [-0.25, -0.2) is 4.39 Å². The molecule has 2 aromatic rings. The number of hydrogen-bond donors (Lipinski definition) is 1. The van der Waals surface area contributed by atoms with E-state index in [1.165, 1.54) is 0 Å². The van der Waals surface area contributed by atoms with Crippen LogP contribution in [0.5, 0.6) is 0 Å². The first-order valence-corrected chi connectivity index (χ1v) is 6.17. The van der Waals surface area contributed by atoms with Gasteiger partial charge in [0.05, 0.1) is 12.8 Å². The van der Waals surface area contributed by atoms with Gasteiger partial charge in [-0.15, -0.1) is 0 Å². The van der Waals surface area contributed by atoms with Gasteiger partial charge in [-0.3, -0.25) is 0 Å². The summed E-state index contributed by atoms with van der Waals surface area (Å²) in [6.45, 7) is 7.48. The molecule has 0 aliphatic rings. The minimum Gasteiger partial charge on any atom is -0.467 e. The van der Waals surface area contributed by atoms with Crippen molar-refractivity contribution in [3.05, 3.63) is 47.2 Å². The molecule has 0 bridgehead atoms. The molecule has 0 radical (unpaired) electrons. The summed E-state index contributed by atoms with van der Waals surface area (Å²) >= 11 is 0. The Bertz CT molecular complexity index is 522. The van der Waals surface area contributed by atoms with Crippen LogP contribution in [0.15, 0.2) is 28.9 Å². The Balaban J connectivity index is 2.46. The number of aryl methyl sites for hydroxylation is 2. The molecule has 2 rings (SSSR count). The van der Waals surface area contributed by atoms with E-state index in [-0.39, 0.29) is 5.82 Å². The van der Waals surface area contributed by atoms with Gasteiger partial charge in [-0.2, -0.15) is 0 Å². The SMILES string of the molecule is CCNCc1occc1-c1c(C)cc(F)cc1C. The summed E-state index contributed by atoms with van der Waals surface area (Å²) in [4.78, 5) is 0. The maximum absolute atomic E-state index is 13.3. The van der Waals surface area contributed by atoms with Crippen LogP contribution in [0.4, 0.5) is 4.39 Å². The van der Waals surface area contributed by atoms with Gasteiger partial charge in [-0.05, 0) is 55.3 Å². The van der Waals surface area contributed by atoms with E-state index in [1.807, 2.05) is 19.9 Å². The largest absolute Gasteiger partial charge is 0.467 e. The molecular formula is C15H18FNO. The van der Waals surface area contributed by atoms with E-state index in [4.69, 9.17) is 4.42 Å². The van der Waals surface area contributed by atoms with Crippen molar-refractivity contribution in [3.8, 4) is 11.1 Å². The molecule has 1 aromatic carbocycles. The lowest BCUT2D eigenvalue weighted by Crippen LogP contribution is -2.11. The molecule has 0 amide bonds. The van der Waals surface area contributed by atoms with E-state index in [0.717, 1.165) is 34.6 Å². The van der Waals surface area contributed by atoms with Gasteiger partial charge in [-0.1, -0.05) is 6.92 Å². The molecule has 0 spiro atoms. The van der Waals surface area contributed by atoms with Crippen LogP contribution in [0, 0.1) is 19.7 Å². The zero-order valence-corrected chi connectivity index (χ0v) is 11.0. The second-order valence-corrected chi connectivity index (χ2v) is 4.45. The summed E-state index contributed by atoms with van der Waals surface area (Å²) in [6, 6.07) is 5.07. The fourth-order valence-corrected chi connectivity index (χ4v) is 2.27. The summed E-state index contributed by atoms with van der Waals surface area (Å²) < 4.78 is 18.8. The number of benzene rings is 1. The highest BCUT2D eigenvalue weighted by molar-refractivity contribution is 5.72. The minimum atomic E-state index is -0.189. The van der Waals surface area contributed by atoms with Crippen LogP contribution in [0.2, 0.25) is 0 Å². The molecule has 0 unspecified atom stereocenters. The third-order valence-electron chi connectivity index (χ3n) is 3.05. The van der Waals surface area contributed by atoms with Gasteiger partial charge >= 0.3 is 0 Å². The fraction of sp³-hybridized carbons (Fsp3) is 0.333. The molecule has 2 nitrogen and oxygen atoms in total. The number of hydrogen-bond acceptors (Lipinski definition) is 2. The van der Waals surface area contributed by atoms with Crippen LogP contribution in [0.25, 0.3) is 11.1 Å². The van der Waals surface area contributed by atoms with E-state index in [2.05, 4.69) is 12.2 Å². The minimum absolute atomic E-state index is 0.189. The highest BCUT2D eigenvalue weighted by atomic mass is 19.1. The quantitative estimate of drug-likeness (QED) is 0.888. The Kier molecular flexibility index (Phi) is 3.82. The van der Waals surface area contributed by atoms with Crippen molar-refractivity contribution in [3.63, 3.8) is 0 Å². The first-order chi connectivity index (χ1) is 8.63. The molecule has 18 heavy (non-hydrogen) atoms. The molecule has 96 valence electrons. The van der Waals surface area contributed by atoms with Crippen molar-refractivity contribution in [2.75, 3.05) is 6.54 Å². The summed E-state index contributed by atoms with van der Waals surface area (Å²) in [6.07, 6.45) is 1.68. The molecule has 1 aromatic heterocycles. The Morgan fingerprint density at radius 1 is 1.22 bits per heavy atom. The summed E-state index contributed by atoms with van der Waals surface area (Å²) in [5.74, 6) is 0.708. The Labute approximate surface area is 107 Å². The van der Waals surface area contributed by atoms with Crippen molar-refractivity contribution in [2.45, 2.75) is 27.3 Å². The zero-order chi connectivity index (χ0) is 13.1. The van der Waals surface area contributed by atoms with Crippen LogP contribution < -0.4 is 5.32 Å². The second kappa shape index (κ2) is 5.36. The molecule has 1 heterocycles. The van der Waals surface area contributed by atoms with Gasteiger partial charge in [0.1, 0.15) is 11.6 Å². The van der Waals surface area contributed by atoms with E-state index in [9.17, 15) is 4.39 Å². The fourth-order valence-electron chi connectivity index (χ4n) is 2.27. The van der Waals surface area contributed by atoms with Crippen molar-refractivity contribution in [1.29, 1.82) is 0 Å². The van der Waals surface area contributed by atoms with Gasteiger partial charge < -0.3 is 9.73 Å². The lowest BCUT2D eigenvalue weighted by atomic mass is 9.96. The van der Waals surface area contributed by atoms with Crippen LogP contribution >= 0.6 is 0 Å². The Hall–Kier alpha value is -1.61. The summed E-state index contributed by atoms with van der Waals surface area (Å²) in [5.41, 5.74) is 3.99. The average Bonchev–Trinajstić information content (AvgIpc) is 2.73. The molecule has 3 heteroatoms. The third kappa shape index (κ3) is 2.46. The number of nitrogens with one attached hydrogen (secondary N) is 1. The lowest BCUT2D eigenvalue weighted by molar-refractivity contribution is 0.489. The standard InChI is InChI=1S/C15H18FNO/c1-4-17-9-14-13(5-6-18-14)15-10(2)7-12(16)8-11(15)3/h5-8,17H,4,9H2,1-3H3. The molecular weight excluding hydrogens is 229 g/mol. The van der Waals surface area contributed by atoms with E-state index < -0.39 is 0 Å². The van der Waals surface area contributed by atoms with Gasteiger partial charge in [0.25, 0.3) is 0 Å². The topological polar surface area (TPSA) is 25.2 Å². The van der Waals surface area contributed by atoms with E-state index >= 15 is 0 Å². The second-order valence-electron chi connectivity index (χ2n) is 4.45. The molecule has 0 atom stereocenters. The highest BCUT2D eigenvalue weighted by Crippen LogP contribution is 2.31.